The van der Waals surface area contributed by atoms with Crippen molar-refractivity contribution >= 4 is 21.8 Å². The lowest BCUT2D eigenvalue weighted by Crippen LogP contribution is -2.38. The Hall–Kier alpha value is -0.940. The molecule has 4 nitrogen and oxygen atoms in total. The van der Waals surface area contributed by atoms with Crippen molar-refractivity contribution < 1.29 is 9.53 Å². The van der Waals surface area contributed by atoms with Gasteiger partial charge in [0.05, 0.1) is 18.2 Å². The third-order valence-electron chi connectivity index (χ3n) is 2.41. The minimum Gasteiger partial charge on any atom is -0.383 e. The van der Waals surface area contributed by atoms with E-state index in [9.17, 15) is 4.79 Å². The molecule has 1 heterocycles. The molecule has 0 aliphatic carbocycles. The molecule has 5 heteroatoms. The fraction of sp³-hybridized carbons (Fsp3) is 0.500. The summed E-state index contributed by atoms with van der Waals surface area (Å²) in [5, 5.41) is 3.77. The molecule has 1 unspecified atom stereocenters. The number of aromatic nitrogens is 1. The fourth-order valence-corrected chi connectivity index (χ4v) is 2.07. The van der Waals surface area contributed by atoms with Gasteiger partial charge < -0.3 is 10.1 Å². The number of carbonyl (C=O) groups excluding carboxylic acids is 1. The Morgan fingerprint density at radius 1 is 1.65 bits per heavy atom. The topological polar surface area (TPSA) is 51.2 Å². The highest BCUT2D eigenvalue weighted by Crippen LogP contribution is 2.05. The molecule has 0 fully saturated rings. The summed E-state index contributed by atoms with van der Waals surface area (Å²) in [6.45, 7) is 2.33. The molecule has 0 spiro atoms. The number of rotatable bonds is 6. The third kappa shape index (κ3) is 4.44. The van der Waals surface area contributed by atoms with E-state index in [0.29, 0.717) is 12.2 Å². The first-order valence-corrected chi connectivity index (χ1v) is 6.58. The highest BCUT2D eigenvalue weighted by molar-refractivity contribution is 9.09. The fourth-order valence-electron chi connectivity index (χ4n) is 1.52. The predicted molar refractivity (Wildman–Crippen MR) is 70.5 cm³/mol. The molecule has 0 aliphatic rings. The number of carbonyl (C=O) groups is 1. The normalized spacial score (nSPS) is 12.2. The van der Waals surface area contributed by atoms with Gasteiger partial charge in [0, 0.05) is 24.3 Å². The molecule has 1 N–H and O–H groups in total. The van der Waals surface area contributed by atoms with Gasteiger partial charge in [-0.05, 0) is 25.5 Å². The van der Waals surface area contributed by atoms with Crippen molar-refractivity contribution in [2.45, 2.75) is 19.4 Å². The van der Waals surface area contributed by atoms with Crippen LogP contribution in [0.2, 0.25) is 0 Å². The first-order valence-electron chi connectivity index (χ1n) is 5.46. The van der Waals surface area contributed by atoms with Gasteiger partial charge in [0.1, 0.15) is 0 Å². The number of hydrogen-bond acceptors (Lipinski definition) is 3. The Bertz CT molecular complexity index is 365. The molecule has 1 aromatic rings. The predicted octanol–water partition coefficient (Wildman–Crippen LogP) is 1.92. The largest absolute Gasteiger partial charge is 0.383 e. The molecule has 0 bridgehead atoms. The number of nitrogens with one attached hydrogen (secondary N) is 1. The van der Waals surface area contributed by atoms with Crippen LogP contribution in [0, 0.1) is 6.92 Å². The lowest BCUT2D eigenvalue weighted by atomic mass is 10.1. The second kappa shape index (κ2) is 7.40. The molecule has 0 aliphatic heterocycles. The number of alkyl halides is 1. The van der Waals surface area contributed by atoms with Crippen LogP contribution in [0.15, 0.2) is 18.3 Å². The number of ether oxygens (including phenoxy) is 1. The van der Waals surface area contributed by atoms with Crippen LogP contribution in [0.25, 0.3) is 0 Å². The van der Waals surface area contributed by atoms with Crippen LogP contribution >= 0.6 is 15.9 Å². The number of nitrogens with zero attached hydrogens (tertiary/aromatic N) is 1. The van der Waals surface area contributed by atoms with Crippen LogP contribution in [-0.4, -0.2) is 36.0 Å². The molecular weight excluding hydrogens is 284 g/mol. The minimum atomic E-state index is -0.0985. The molecule has 1 atom stereocenters. The van der Waals surface area contributed by atoms with Gasteiger partial charge in [0.15, 0.2) is 0 Å². The van der Waals surface area contributed by atoms with Crippen LogP contribution in [0.5, 0.6) is 0 Å². The molecule has 0 saturated heterocycles. The SMILES string of the molecule is COCC(CCBr)NC(=O)c1cccnc1C. The Morgan fingerprint density at radius 3 is 3.00 bits per heavy atom. The van der Waals surface area contributed by atoms with Crippen LogP contribution in [0.4, 0.5) is 0 Å². The number of pyridine rings is 1. The van der Waals surface area contributed by atoms with Crippen LogP contribution in [0.3, 0.4) is 0 Å². The Kier molecular flexibility index (Phi) is 6.15. The van der Waals surface area contributed by atoms with E-state index in [4.69, 9.17) is 4.74 Å². The van der Waals surface area contributed by atoms with Crippen LogP contribution < -0.4 is 5.32 Å². The third-order valence-corrected chi connectivity index (χ3v) is 2.87. The van der Waals surface area contributed by atoms with Gasteiger partial charge in [0.2, 0.25) is 0 Å². The van der Waals surface area contributed by atoms with Gasteiger partial charge in [-0.1, -0.05) is 15.9 Å². The second-order valence-corrected chi connectivity index (χ2v) is 4.53. The average molecular weight is 301 g/mol. The molecule has 0 aromatic carbocycles. The maximum atomic E-state index is 12.0. The highest BCUT2D eigenvalue weighted by atomic mass is 79.9. The molecule has 1 aromatic heterocycles. The zero-order valence-electron chi connectivity index (χ0n) is 10.1. The molecule has 1 amide bonds. The number of aryl methyl sites for hydroxylation is 1. The van der Waals surface area contributed by atoms with E-state index in [-0.39, 0.29) is 11.9 Å². The smallest absolute Gasteiger partial charge is 0.253 e. The molecule has 17 heavy (non-hydrogen) atoms. The van der Waals surface area contributed by atoms with Crippen molar-refractivity contribution in [1.82, 2.24) is 10.3 Å². The van der Waals surface area contributed by atoms with E-state index in [1.54, 1.807) is 25.4 Å². The molecule has 94 valence electrons. The second-order valence-electron chi connectivity index (χ2n) is 3.74. The van der Waals surface area contributed by atoms with Crippen molar-refractivity contribution in [1.29, 1.82) is 0 Å². The summed E-state index contributed by atoms with van der Waals surface area (Å²) in [4.78, 5) is 16.1. The van der Waals surface area contributed by atoms with Crippen molar-refractivity contribution in [2.24, 2.45) is 0 Å². The number of amides is 1. The summed E-state index contributed by atoms with van der Waals surface area (Å²) in [5.74, 6) is -0.0985. The van der Waals surface area contributed by atoms with Crippen molar-refractivity contribution in [3.8, 4) is 0 Å². The van der Waals surface area contributed by atoms with Gasteiger partial charge in [-0.2, -0.15) is 0 Å². The number of hydrogen-bond donors (Lipinski definition) is 1. The van der Waals surface area contributed by atoms with E-state index in [1.807, 2.05) is 6.92 Å². The standard InChI is InChI=1S/C12H17BrN2O2/c1-9-11(4-3-7-14-9)12(16)15-10(5-6-13)8-17-2/h3-4,7,10H,5-6,8H2,1-2H3,(H,15,16). The molecular formula is C12H17BrN2O2. The van der Waals surface area contributed by atoms with Gasteiger partial charge in [-0.3, -0.25) is 9.78 Å². The summed E-state index contributed by atoms with van der Waals surface area (Å²) in [7, 11) is 1.63. The Labute approximate surface area is 110 Å². The van der Waals surface area contributed by atoms with E-state index in [1.165, 1.54) is 0 Å². The van der Waals surface area contributed by atoms with Crippen LogP contribution in [-0.2, 0) is 4.74 Å². The van der Waals surface area contributed by atoms with E-state index >= 15 is 0 Å². The average Bonchev–Trinajstić information content (AvgIpc) is 2.30. The van der Waals surface area contributed by atoms with Gasteiger partial charge in [-0.15, -0.1) is 0 Å². The summed E-state index contributed by atoms with van der Waals surface area (Å²) in [6, 6.07) is 3.55. The number of methoxy groups -OCH3 is 1. The summed E-state index contributed by atoms with van der Waals surface area (Å²) in [5.41, 5.74) is 1.35. The number of halogens is 1. The Balaban J connectivity index is 2.67. The van der Waals surface area contributed by atoms with Gasteiger partial charge in [0.25, 0.3) is 5.91 Å². The molecule has 0 radical (unpaired) electrons. The van der Waals surface area contributed by atoms with Crippen LogP contribution in [0.1, 0.15) is 22.5 Å². The zero-order valence-corrected chi connectivity index (χ0v) is 11.7. The maximum absolute atomic E-state index is 12.0. The lowest BCUT2D eigenvalue weighted by Gasteiger charge is -2.17. The van der Waals surface area contributed by atoms with Gasteiger partial charge >= 0.3 is 0 Å². The monoisotopic (exact) mass is 300 g/mol. The lowest BCUT2D eigenvalue weighted by molar-refractivity contribution is 0.0894. The molecule has 0 saturated carbocycles. The van der Waals surface area contributed by atoms with Crippen molar-refractivity contribution in [3.05, 3.63) is 29.6 Å². The minimum absolute atomic E-state index is 0.0199. The Morgan fingerprint density at radius 2 is 2.41 bits per heavy atom. The van der Waals surface area contributed by atoms with E-state index in [2.05, 4.69) is 26.2 Å². The summed E-state index contributed by atoms with van der Waals surface area (Å²) in [6.07, 6.45) is 2.51. The van der Waals surface area contributed by atoms with Crippen molar-refractivity contribution in [3.63, 3.8) is 0 Å². The first kappa shape index (κ1) is 14.1. The summed E-state index contributed by atoms with van der Waals surface area (Å²) < 4.78 is 5.07. The van der Waals surface area contributed by atoms with E-state index in [0.717, 1.165) is 17.4 Å². The quantitative estimate of drug-likeness (QED) is 0.817. The molecule has 1 rings (SSSR count). The zero-order chi connectivity index (χ0) is 12.7. The highest BCUT2D eigenvalue weighted by Gasteiger charge is 2.14. The summed E-state index contributed by atoms with van der Waals surface area (Å²) >= 11 is 3.36. The maximum Gasteiger partial charge on any atom is 0.253 e. The van der Waals surface area contributed by atoms with Crippen molar-refractivity contribution in [2.75, 3.05) is 19.0 Å². The van der Waals surface area contributed by atoms with E-state index < -0.39 is 0 Å². The van der Waals surface area contributed by atoms with Gasteiger partial charge in [-0.25, -0.2) is 0 Å². The first-order chi connectivity index (χ1) is 8.19.